The van der Waals surface area contributed by atoms with E-state index in [1.807, 2.05) is 19.2 Å². The molecule has 0 saturated heterocycles. The number of aromatic nitrogens is 4. The summed E-state index contributed by atoms with van der Waals surface area (Å²) in [6.45, 7) is 0.940. The van der Waals surface area contributed by atoms with Crippen LogP contribution in [0.3, 0.4) is 0 Å². The highest BCUT2D eigenvalue weighted by Crippen LogP contribution is 2.12. The number of sulfonamides is 1. The van der Waals surface area contributed by atoms with Crippen molar-refractivity contribution in [1.82, 2.24) is 30.7 Å². The van der Waals surface area contributed by atoms with Gasteiger partial charge in [0.1, 0.15) is 0 Å². The van der Waals surface area contributed by atoms with E-state index >= 15 is 0 Å². The van der Waals surface area contributed by atoms with E-state index in [9.17, 15) is 8.42 Å². The van der Waals surface area contributed by atoms with Crippen molar-refractivity contribution in [3.05, 3.63) is 35.7 Å². The van der Waals surface area contributed by atoms with Crippen LogP contribution in [0.2, 0.25) is 0 Å². The number of hydrogen-bond donors (Lipinski definition) is 3. The minimum absolute atomic E-state index is 0.00273. The van der Waals surface area contributed by atoms with E-state index in [4.69, 9.17) is 0 Å². The van der Waals surface area contributed by atoms with E-state index in [1.165, 1.54) is 0 Å². The predicted molar refractivity (Wildman–Crippen MR) is 76.9 cm³/mol. The Bertz CT molecular complexity index is 639. The molecule has 114 valence electrons. The van der Waals surface area contributed by atoms with Gasteiger partial charge in [0.2, 0.25) is 10.0 Å². The summed E-state index contributed by atoms with van der Waals surface area (Å²) in [5.74, 6) is 0.294. The summed E-state index contributed by atoms with van der Waals surface area (Å²) in [6.07, 6.45) is 1.93. The maximum absolute atomic E-state index is 12.1. The molecule has 0 unspecified atom stereocenters. The molecule has 0 aliphatic heterocycles. The second-order valence-corrected chi connectivity index (χ2v) is 6.27. The first-order chi connectivity index (χ1) is 10.1. The van der Waals surface area contributed by atoms with Crippen LogP contribution < -0.4 is 10.0 Å². The lowest BCUT2D eigenvalue weighted by Gasteiger charge is -2.06. The van der Waals surface area contributed by atoms with Crippen LogP contribution in [0, 0.1) is 0 Å². The molecule has 3 N–H and O–H groups in total. The Hall–Kier alpha value is -1.84. The van der Waals surface area contributed by atoms with Gasteiger partial charge in [0.25, 0.3) is 0 Å². The van der Waals surface area contributed by atoms with Crippen molar-refractivity contribution in [1.29, 1.82) is 0 Å². The highest BCUT2D eigenvalue weighted by molar-refractivity contribution is 7.89. The Morgan fingerprint density at radius 1 is 1.24 bits per heavy atom. The Balaban J connectivity index is 1.96. The van der Waals surface area contributed by atoms with Gasteiger partial charge in [-0.2, -0.15) is 5.21 Å². The second-order valence-electron chi connectivity index (χ2n) is 4.50. The number of nitrogens with zero attached hydrogens (tertiary/aromatic N) is 3. The van der Waals surface area contributed by atoms with Gasteiger partial charge >= 0.3 is 0 Å². The third kappa shape index (κ3) is 4.59. The minimum Gasteiger partial charge on any atom is -0.320 e. The quantitative estimate of drug-likeness (QED) is 0.584. The van der Waals surface area contributed by atoms with Crippen molar-refractivity contribution < 1.29 is 8.42 Å². The first kappa shape index (κ1) is 15.5. The molecule has 1 aromatic heterocycles. The molecule has 0 aliphatic rings. The van der Waals surface area contributed by atoms with Crippen LogP contribution in [0.15, 0.2) is 29.2 Å². The molecule has 0 aliphatic carbocycles. The number of benzene rings is 1. The van der Waals surface area contributed by atoms with Gasteiger partial charge in [0, 0.05) is 0 Å². The molecule has 8 nitrogen and oxygen atoms in total. The van der Waals surface area contributed by atoms with Crippen molar-refractivity contribution in [2.75, 3.05) is 13.6 Å². The van der Waals surface area contributed by atoms with E-state index < -0.39 is 10.0 Å². The first-order valence-corrected chi connectivity index (χ1v) is 8.05. The molecule has 2 rings (SSSR count). The fourth-order valence-corrected chi connectivity index (χ4v) is 2.79. The van der Waals surface area contributed by atoms with Gasteiger partial charge in [-0.3, -0.25) is 0 Å². The Morgan fingerprint density at radius 3 is 2.62 bits per heavy atom. The van der Waals surface area contributed by atoms with Crippen molar-refractivity contribution in [3.8, 4) is 0 Å². The van der Waals surface area contributed by atoms with Crippen molar-refractivity contribution >= 4 is 10.0 Å². The number of H-pyrrole nitrogens is 1. The van der Waals surface area contributed by atoms with Gasteiger partial charge in [-0.1, -0.05) is 17.3 Å². The Kier molecular flexibility index (Phi) is 5.37. The summed E-state index contributed by atoms with van der Waals surface area (Å²) >= 11 is 0. The fourth-order valence-electron chi connectivity index (χ4n) is 1.80. The highest BCUT2D eigenvalue weighted by atomic mass is 32.2. The van der Waals surface area contributed by atoms with Crippen LogP contribution in [-0.4, -0.2) is 42.6 Å². The summed E-state index contributed by atoms with van der Waals surface area (Å²) in [6, 6.07) is 6.87. The van der Waals surface area contributed by atoms with Crippen molar-refractivity contribution in [2.24, 2.45) is 0 Å². The third-order valence-corrected chi connectivity index (χ3v) is 4.35. The van der Waals surface area contributed by atoms with Crippen molar-refractivity contribution in [2.45, 2.75) is 24.3 Å². The number of aromatic amines is 1. The predicted octanol–water partition coefficient (Wildman–Crippen LogP) is -0.170. The van der Waals surface area contributed by atoms with Gasteiger partial charge in [-0.15, -0.1) is 10.2 Å². The summed E-state index contributed by atoms with van der Waals surface area (Å²) in [5.41, 5.74) is 1.11. The molecule has 0 spiro atoms. The molecular weight excluding hydrogens is 292 g/mol. The lowest BCUT2D eigenvalue weighted by Crippen LogP contribution is -2.23. The van der Waals surface area contributed by atoms with E-state index in [0.717, 1.165) is 24.9 Å². The van der Waals surface area contributed by atoms with Gasteiger partial charge in [0.15, 0.2) is 5.82 Å². The average Bonchev–Trinajstić information content (AvgIpc) is 3.00. The lowest BCUT2D eigenvalue weighted by molar-refractivity contribution is 0.579. The molecule has 0 fully saturated rings. The zero-order valence-electron chi connectivity index (χ0n) is 11.7. The monoisotopic (exact) mass is 310 g/mol. The van der Waals surface area contributed by atoms with Crippen LogP contribution >= 0.6 is 0 Å². The molecule has 2 aromatic rings. The topological polar surface area (TPSA) is 113 Å². The molecule has 0 saturated carbocycles. The molecule has 0 bridgehead atoms. The van der Waals surface area contributed by atoms with Gasteiger partial charge in [0.05, 0.1) is 11.4 Å². The zero-order chi connectivity index (χ0) is 15.1. The van der Waals surface area contributed by atoms with Crippen LogP contribution in [0.25, 0.3) is 0 Å². The number of tetrazole rings is 1. The lowest BCUT2D eigenvalue weighted by atomic mass is 10.1. The normalized spacial score (nSPS) is 11.7. The van der Waals surface area contributed by atoms with Crippen LogP contribution in [0.5, 0.6) is 0 Å². The molecule has 0 atom stereocenters. The maximum atomic E-state index is 12.1. The minimum atomic E-state index is -3.56. The molecule has 0 amide bonds. The first-order valence-electron chi connectivity index (χ1n) is 6.57. The molecule has 0 radical (unpaired) electrons. The molecular formula is C12H18N6O2S. The van der Waals surface area contributed by atoms with Crippen molar-refractivity contribution in [3.63, 3.8) is 0 Å². The Labute approximate surface area is 123 Å². The summed E-state index contributed by atoms with van der Waals surface area (Å²) in [5, 5.41) is 16.1. The average molecular weight is 310 g/mol. The molecule has 1 aromatic carbocycles. The smallest absolute Gasteiger partial charge is 0.240 e. The number of hydrogen-bond acceptors (Lipinski definition) is 6. The second kappa shape index (κ2) is 7.25. The van der Waals surface area contributed by atoms with Crippen LogP contribution in [0.4, 0.5) is 0 Å². The summed E-state index contributed by atoms with van der Waals surface area (Å²) in [7, 11) is -1.65. The molecule has 1 heterocycles. The van der Waals surface area contributed by atoms with Gasteiger partial charge in [-0.05, 0) is 44.1 Å². The van der Waals surface area contributed by atoms with Crippen LogP contribution in [-0.2, 0) is 23.0 Å². The Morgan fingerprint density at radius 2 is 2.00 bits per heavy atom. The number of aryl methyl sites for hydroxylation is 1. The zero-order valence-corrected chi connectivity index (χ0v) is 12.5. The van der Waals surface area contributed by atoms with E-state index in [2.05, 4.69) is 30.7 Å². The number of rotatable bonds is 8. The summed E-state index contributed by atoms with van der Waals surface area (Å²) in [4.78, 5) is 0.225. The third-order valence-electron chi connectivity index (χ3n) is 2.94. The number of nitrogens with one attached hydrogen (secondary N) is 3. The van der Waals surface area contributed by atoms with E-state index in [0.29, 0.717) is 5.82 Å². The molecule has 21 heavy (non-hydrogen) atoms. The van der Waals surface area contributed by atoms with Gasteiger partial charge in [-0.25, -0.2) is 13.1 Å². The van der Waals surface area contributed by atoms with E-state index in [-0.39, 0.29) is 11.4 Å². The highest BCUT2D eigenvalue weighted by Gasteiger charge is 2.14. The van der Waals surface area contributed by atoms with Gasteiger partial charge < -0.3 is 5.32 Å². The maximum Gasteiger partial charge on any atom is 0.240 e. The summed E-state index contributed by atoms with van der Waals surface area (Å²) < 4.78 is 26.6. The largest absolute Gasteiger partial charge is 0.320 e. The molecule has 9 heteroatoms. The fraction of sp³-hybridized carbons (Fsp3) is 0.417. The standard InChI is InChI=1S/C12H18N6O2S/c1-13-8-2-3-10-4-6-11(7-5-10)21(19,20)14-9-12-15-17-18-16-12/h4-7,13-14H,2-3,8-9H2,1H3,(H,15,16,17,18). The van der Waals surface area contributed by atoms with Crippen LogP contribution in [0.1, 0.15) is 17.8 Å². The SMILES string of the molecule is CNCCCc1ccc(S(=O)(=O)NCc2nn[nH]n2)cc1. The van der Waals surface area contributed by atoms with E-state index in [1.54, 1.807) is 12.1 Å².